The first-order valence-electron chi connectivity index (χ1n) is 6.38. The molecule has 0 radical (unpaired) electrons. The quantitative estimate of drug-likeness (QED) is 0.648. The number of rotatable bonds is 2. The topological polar surface area (TPSA) is 20.2 Å². The normalized spacial score (nSPS) is 12.6. The molecule has 3 rings (SSSR count). The maximum absolute atomic E-state index is 13.6. The summed E-state index contributed by atoms with van der Waals surface area (Å²) >= 11 is 3.02. The van der Waals surface area contributed by atoms with Crippen LogP contribution >= 0.6 is 15.9 Å². The molecule has 0 fully saturated rings. The van der Waals surface area contributed by atoms with E-state index in [1.54, 1.807) is 6.07 Å². The number of hydrogen-bond acceptors (Lipinski definition) is 1. The van der Waals surface area contributed by atoms with Crippen LogP contribution in [0.15, 0.2) is 59.1 Å². The van der Waals surface area contributed by atoms with Crippen LogP contribution in [0.1, 0.15) is 17.2 Å². The third kappa shape index (κ3) is 2.45. The van der Waals surface area contributed by atoms with Gasteiger partial charge in [0.05, 0.1) is 4.47 Å². The molecule has 1 atom stereocenters. The third-order valence-electron chi connectivity index (χ3n) is 3.48. The molecule has 0 amide bonds. The Morgan fingerprint density at radius 2 is 1.57 bits per heavy atom. The van der Waals surface area contributed by atoms with Crippen LogP contribution in [0.2, 0.25) is 0 Å². The van der Waals surface area contributed by atoms with E-state index in [0.29, 0.717) is 11.1 Å². The lowest BCUT2D eigenvalue weighted by atomic mass is 9.96. The lowest BCUT2D eigenvalue weighted by Gasteiger charge is -2.16. The van der Waals surface area contributed by atoms with Gasteiger partial charge in [-0.2, -0.15) is 0 Å². The lowest BCUT2D eigenvalue weighted by molar-refractivity contribution is 0.220. The summed E-state index contributed by atoms with van der Waals surface area (Å²) in [5, 5.41) is 12.4. The van der Waals surface area contributed by atoms with Crippen LogP contribution < -0.4 is 0 Å². The Hall–Kier alpha value is -1.78. The molecule has 4 heteroatoms. The zero-order valence-corrected chi connectivity index (χ0v) is 12.4. The molecule has 1 N–H and O–H groups in total. The predicted octanol–water partition coefficient (Wildman–Crippen LogP) is 4.96. The summed E-state index contributed by atoms with van der Waals surface area (Å²) in [6, 6.07) is 15.6. The molecule has 0 saturated heterocycles. The average Bonchev–Trinajstić information content (AvgIpc) is 2.51. The van der Waals surface area contributed by atoms with E-state index in [9.17, 15) is 13.9 Å². The van der Waals surface area contributed by atoms with Gasteiger partial charge in [-0.1, -0.05) is 48.5 Å². The molecule has 0 aliphatic heterocycles. The van der Waals surface area contributed by atoms with Gasteiger partial charge < -0.3 is 5.11 Å². The highest BCUT2D eigenvalue weighted by molar-refractivity contribution is 9.10. The van der Waals surface area contributed by atoms with E-state index in [0.717, 1.165) is 16.8 Å². The fraction of sp³-hybridized carbons (Fsp3) is 0.0588. The van der Waals surface area contributed by atoms with Gasteiger partial charge in [0.1, 0.15) is 6.10 Å². The Balaban J connectivity index is 2.17. The SMILES string of the molecule is OC(c1ccc(F)c(F)c1Br)c1cccc2ccccc12. The van der Waals surface area contributed by atoms with Gasteiger partial charge >= 0.3 is 0 Å². The Morgan fingerprint density at radius 3 is 2.38 bits per heavy atom. The van der Waals surface area contributed by atoms with Crippen molar-refractivity contribution >= 4 is 26.7 Å². The molecule has 0 aliphatic rings. The Morgan fingerprint density at radius 1 is 0.857 bits per heavy atom. The van der Waals surface area contributed by atoms with Gasteiger partial charge in [-0.05, 0) is 38.3 Å². The molecule has 3 aromatic rings. The van der Waals surface area contributed by atoms with E-state index >= 15 is 0 Å². The number of halogens is 3. The molecule has 0 heterocycles. The molecule has 0 aromatic heterocycles. The maximum atomic E-state index is 13.6. The average molecular weight is 349 g/mol. The molecule has 0 aliphatic carbocycles. The van der Waals surface area contributed by atoms with Crippen molar-refractivity contribution in [2.45, 2.75) is 6.10 Å². The van der Waals surface area contributed by atoms with Gasteiger partial charge in [-0.15, -0.1) is 0 Å². The highest BCUT2D eigenvalue weighted by Crippen LogP contribution is 2.34. The monoisotopic (exact) mass is 348 g/mol. The largest absolute Gasteiger partial charge is 0.384 e. The fourth-order valence-electron chi connectivity index (χ4n) is 2.41. The lowest BCUT2D eigenvalue weighted by Crippen LogP contribution is -2.03. The summed E-state index contributed by atoms with van der Waals surface area (Å²) in [5.41, 5.74) is 0.949. The summed E-state index contributed by atoms with van der Waals surface area (Å²) in [6.45, 7) is 0. The van der Waals surface area contributed by atoms with Crippen molar-refractivity contribution in [2.75, 3.05) is 0 Å². The van der Waals surface area contributed by atoms with Gasteiger partial charge in [0.25, 0.3) is 0 Å². The Kier molecular flexibility index (Phi) is 3.74. The van der Waals surface area contributed by atoms with Gasteiger partial charge in [0.2, 0.25) is 0 Å². The van der Waals surface area contributed by atoms with Gasteiger partial charge in [-0.25, -0.2) is 8.78 Å². The molecular weight excluding hydrogens is 338 g/mol. The van der Waals surface area contributed by atoms with Crippen molar-refractivity contribution in [2.24, 2.45) is 0 Å². The molecule has 1 nitrogen and oxygen atoms in total. The highest BCUT2D eigenvalue weighted by atomic mass is 79.9. The van der Waals surface area contributed by atoms with Crippen molar-refractivity contribution < 1.29 is 13.9 Å². The van der Waals surface area contributed by atoms with Crippen LogP contribution in [0.5, 0.6) is 0 Å². The first-order valence-corrected chi connectivity index (χ1v) is 7.18. The zero-order chi connectivity index (χ0) is 15.0. The van der Waals surface area contributed by atoms with E-state index in [1.165, 1.54) is 6.07 Å². The first kappa shape index (κ1) is 14.2. The molecule has 0 spiro atoms. The number of hydrogen-bond donors (Lipinski definition) is 1. The standard InChI is InChI=1S/C17H11BrF2O/c18-15-13(8-9-14(19)16(15)20)17(21)12-7-3-5-10-4-1-2-6-11(10)12/h1-9,17,21H. The second-order valence-corrected chi connectivity index (χ2v) is 5.53. The number of aliphatic hydroxyl groups is 1. The Bertz CT molecular complexity index is 812. The predicted molar refractivity (Wildman–Crippen MR) is 82.1 cm³/mol. The first-order chi connectivity index (χ1) is 10.1. The van der Waals surface area contributed by atoms with Crippen LogP contribution in [-0.4, -0.2) is 5.11 Å². The van der Waals surface area contributed by atoms with E-state index < -0.39 is 17.7 Å². The molecule has 3 aromatic carbocycles. The molecule has 21 heavy (non-hydrogen) atoms. The number of aliphatic hydroxyl groups excluding tert-OH is 1. The van der Waals surface area contributed by atoms with Crippen molar-refractivity contribution in [3.05, 3.63) is 81.8 Å². The molecular formula is C17H11BrF2O. The molecule has 1 unspecified atom stereocenters. The van der Waals surface area contributed by atoms with E-state index in [2.05, 4.69) is 15.9 Å². The van der Waals surface area contributed by atoms with Gasteiger partial charge in [0, 0.05) is 5.56 Å². The second-order valence-electron chi connectivity index (χ2n) is 4.74. The highest BCUT2D eigenvalue weighted by Gasteiger charge is 2.20. The Labute approximate surface area is 129 Å². The van der Waals surface area contributed by atoms with Gasteiger partial charge in [-0.3, -0.25) is 0 Å². The summed E-state index contributed by atoms with van der Waals surface area (Å²) in [6.07, 6.45) is -1.04. The van der Waals surface area contributed by atoms with Gasteiger partial charge in [0.15, 0.2) is 11.6 Å². The van der Waals surface area contributed by atoms with Crippen molar-refractivity contribution in [1.82, 2.24) is 0 Å². The van der Waals surface area contributed by atoms with Crippen molar-refractivity contribution in [3.8, 4) is 0 Å². The summed E-state index contributed by atoms with van der Waals surface area (Å²) in [7, 11) is 0. The molecule has 106 valence electrons. The fourth-order valence-corrected chi connectivity index (χ4v) is 2.95. The van der Waals surface area contributed by atoms with Crippen LogP contribution in [0, 0.1) is 11.6 Å². The number of fused-ring (bicyclic) bond motifs is 1. The minimum atomic E-state index is -1.04. The van der Waals surface area contributed by atoms with Crippen LogP contribution in [-0.2, 0) is 0 Å². The smallest absolute Gasteiger partial charge is 0.173 e. The maximum Gasteiger partial charge on any atom is 0.173 e. The number of benzene rings is 3. The summed E-state index contributed by atoms with van der Waals surface area (Å²) < 4.78 is 26.8. The molecule has 0 bridgehead atoms. The summed E-state index contributed by atoms with van der Waals surface area (Å²) in [4.78, 5) is 0. The minimum Gasteiger partial charge on any atom is -0.384 e. The van der Waals surface area contributed by atoms with E-state index in [-0.39, 0.29) is 4.47 Å². The summed E-state index contributed by atoms with van der Waals surface area (Å²) in [5.74, 6) is -1.94. The minimum absolute atomic E-state index is 0.0528. The van der Waals surface area contributed by atoms with Crippen LogP contribution in [0.4, 0.5) is 8.78 Å². The third-order valence-corrected chi connectivity index (χ3v) is 4.28. The zero-order valence-electron chi connectivity index (χ0n) is 10.9. The van der Waals surface area contributed by atoms with E-state index in [4.69, 9.17) is 0 Å². The van der Waals surface area contributed by atoms with Crippen molar-refractivity contribution in [1.29, 1.82) is 0 Å². The van der Waals surface area contributed by atoms with Crippen molar-refractivity contribution in [3.63, 3.8) is 0 Å². The van der Waals surface area contributed by atoms with Crippen LogP contribution in [0.3, 0.4) is 0 Å². The van der Waals surface area contributed by atoms with E-state index in [1.807, 2.05) is 36.4 Å². The van der Waals surface area contributed by atoms with Crippen LogP contribution in [0.25, 0.3) is 10.8 Å². The molecule has 0 saturated carbocycles. The second kappa shape index (κ2) is 5.54.